The van der Waals surface area contributed by atoms with Crippen LogP contribution in [0.3, 0.4) is 0 Å². The molecule has 4 heteroatoms. The second-order valence-corrected chi connectivity index (χ2v) is 4.20. The van der Waals surface area contributed by atoms with E-state index in [9.17, 15) is 5.11 Å². The first-order valence-corrected chi connectivity index (χ1v) is 5.69. The van der Waals surface area contributed by atoms with E-state index in [1.807, 2.05) is 12.5 Å². The molecule has 4 nitrogen and oxygen atoms in total. The van der Waals surface area contributed by atoms with Crippen molar-refractivity contribution < 1.29 is 5.11 Å². The summed E-state index contributed by atoms with van der Waals surface area (Å²) in [6.45, 7) is 5.88. The monoisotopic (exact) mass is 209 g/mol. The minimum Gasteiger partial charge on any atom is -0.392 e. The molecule has 2 heterocycles. The van der Waals surface area contributed by atoms with Gasteiger partial charge in [-0.15, -0.1) is 0 Å². The van der Waals surface area contributed by atoms with Crippen molar-refractivity contribution in [2.24, 2.45) is 0 Å². The van der Waals surface area contributed by atoms with Gasteiger partial charge >= 0.3 is 0 Å². The Labute approximate surface area is 90.5 Å². The van der Waals surface area contributed by atoms with E-state index in [0.29, 0.717) is 0 Å². The molecular weight excluding hydrogens is 190 g/mol. The lowest BCUT2D eigenvalue weighted by atomic mass is 10.1. The standard InChI is InChI=1S/C11H19N3O/c1-2-14-9-12-6-10(14)7-13-5-3-4-11(15)8-13/h6,9,11,15H,2-5,7-8H2,1H3/t11-/m0/s1. The van der Waals surface area contributed by atoms with Gasteiger partial charge < -0.3 is 9.67 Å². The maximum atomic E-state index is 9.57. The van der Waals surface area contributed by atoms with Crippen molar-refractivity contribution in [3.8, 4) is 0 Å². The summed E-state index contributed by atoms with van der Waals surface area (Å²) in [5.41, 5.74) is 1.24. The maximum Gasteiger partial charge on any atom is 0.0948 e. The molecule has 1 saturated heterocycles. The summed E-state index contributed by atoms with van der Waals surface area (Å²) in [6, 6.07) is 0. The average molecular weight is 209 g/mol. The Morgan fingerprint density at radius 1 is 1.60 bits per heavy atom. The Morgan fingerprint density at radius 3 is 3.20 bits per heavy atom. The number of aliphatic hydroxyl groups excluding tert-OH is 1. The predicted molar refractivity (Wildman–Crippen MR) is 58.4 cm³/mol. The number of aromatic nitrogens is 2. The Balaban J connectivity index is 1.96. The molecule has 0 saturated carbocycles. The molecule has 0 aromatic carbocycles. The molecule has 0 unspecified atom stereocenters. The highest BCUT2D eigenvalue weighted by molar-refractivity contribution is 4.98. The SMILES string of the molecule is CCn1cncc1CN1CCC[C@H](O)C1. The second kappa shape index (κ2) is 4.77. The molecule has 1 aliphatic rings. The average Bonchev–Trinajstić information content (AvgIpc) is 2.65. The quantitative estimate of drug-likeness (QED) is 0.802. The molecule has 1 N–H and O–H groups in total. The zero-order chi connectivity index (χ0) is 10.7. The number of hydrogen-bond donors (Lipinski definition) is 1. The first kappa shape index (κ1) is 10.6. The van der Waals surface area contributed by atoms with E-state index < -0.39 is 0 Å². The number of aliphatic hydroxyl groups is 1. The molecular formula is C11H19N3O. The van der Waals surface area contributed by atoms with Gasteiger partial charge in [0, 0.05) is 25.8 Å². The van der Waals surface area contributed by atoms with Crippen LogP contribution in [0.2, 0.25) is 0 Å². The Bertz CT molecular complexity index is 311. The van der Waals surface area contributed by atoms with E-state index in [-0.39, 0.29) is 6.10 Å². The van der Waals surface area contributed by atoms with Crippen molar-refractivity contribution >= 4 is 0 Å². The summed E-state index contributed by atoms with van der Waals surface area (Å²) in [6.07, 6.45) is 5.70. The summed E-state index contributed by atoms with van der Waals surface area (Å²) < 4.78 is 2.15. The van der Waals surface area contributed by atoms with Crippen molar-refractivity contribution in [1.82, 2.24) is 14.5 Å². The number of likely N-dealkylation sites (tertiary alicyclic amines) is 1. The van der Waals surface area contributed by atoms with E-state index in [2.05, 4.69) is 21.4 Å². The first-order valence-electron chi connectivity index (χ1n) is 5.69. The first-order chi connectivity index (χ1) is 7.29. The molecule has 0 amide bonds. The fourth-order valence-corrected chi connectivity index (χ4v) is 2.17. The summed E-state index contributed by atoms with van der Waals surface area (Å²) in [5.74, 6) is 0. The number of nitrogens with zero attached hydrogens (tertiary/aromatic N) is 3. The van der Waals surface area contributed by atoms with Gasteiger partial charge in [-0.05, 0) is 26.3 Å². The van der Waals surface area contributed by atoms with E-state index >= 15 is 0 Å². The van der Waals surface area contributed by atoms with Crippen molar-refractivity contribution in [3.63, 3.8) is 0 Å². The van der Waals surface area contributed by atoms with E-state index in [1.54, 1.807) is 0 Å². The summed E-state index contributed by atoms with van der Waals surface area (Å²) in [7, 11) is 0. The van der Waals surface area contributed by atoms with Crippen LogP contribution in [0.5, 0.6) is 0 Å². The minimum atomic E-state index is -0.142. The summed E-state index contributed by atoms with van der Waals surface area (Å²) >= 11 is 0. The number of rotatable bonds is 3. The van der Waals surface area contributed by atoms with Crippen LogP contribution in [-0.4, -0.2) is 38.8 Å². The topological polar surface area (TPSA) is 41.3 Å². The van der Waals surface area contributed by atoms with Crippen molar-refractivity contribution in [3.05, 3.63) is 18.2 Å². The van der Waals surface area contributed by atoms with E-state index in [0.717, 1.165) is 39.0 Å². The van der Waals surface area contributed by atoms with Crippen LogP contribution in [0, 0.1) is 0 Å². The molecule has 0 aliphatic carbocycles. The predicted octanol–water partition coefficient (Wildman–Crippen LogP) is 0.860. The minimum absolute atomic E-state index is 0.142. The van der Waals surface area contributed by atoms with Gasteiger partial charge in [-0.25, -0.2) is 4.98 Å². The van der Waals surface area contributed by atoms with Gasteiger partial charge in [-0.1, -0.05) is 0 Å². The lowest BCUT2D eigenvalue weighted by Gasteiger charge is -2.29. The van der Waals surface area contributed by atoms with Crippen LogP contribution in [-0.2, 0) is 13.1 Å². The van der Waals surface area contributed by atoms with Crippen LogP contribution >= 0.6 is 0 Å². The van der Waals surface area contributed by atoms with Gasteiger partial charge in [0.05, 0.1) is 18.1 Å². The molecule has 0 spiro atoms. The second-order valence-electron chi connectivity index (χ2n) is 4.20. The van der Waals surface area contributed by atoms with Gasteiger partial charge in [0.25, 0.3) is 0 Å². The third-order valence-corrected chi connectivity index (χ3v) is 3.01. The van der Waals surface area contributed by atoms with Gasteiger partial charge in [0.15, 0.2) is 0 Å². The fraction of sp³-hybridized carbons (Fsp3) is 0.727. The fourth-order valence-electron chi connectivity index (χ4n) is 2.17. The molecule has 84 valence electrons. The highest BCUT2D eigenvalue weighted by Gasteiger charge is 2.18. The number of β-amino-alcohol motifs (C(OH)–C–C–N with tert-alkyl or cyclic N) is 1. The van der Waals surface area contributed by atoms with Gasteiger partial charge in [0.2, 0.25) is 0 Å². The number of piperidine rings is 1. The van der Waals surface area contributed by atoms with Crippen LogP contribution in [0.15, 0.2) is 12.5 Å². The molecule has 1 fully saturated rings. The Kier molecular flexibility index (Phi) is 3.38. The summed E-state index contributed by atoms with van der Waals surface area (Å²) in [4.78, 5) is 6.45. The third-order valence-electron chi connectivity index (χ3n) is 3.01. The zero-order valence-electron chi connectivity index (χ0n) is 9.26. The molecule has 1 aromatic rings. The third kappa shape index (κ3) is 2.58. The van der Waals surface area contributed by atoms with Crippen LogP contribution in [0.1, 0.15) is 25.5 Å². The van der Waals surface area contributed by atoms with Crippen LogP contribution < -0.4 is 0 Å². The largest absolute Gasteiger partial charge is 0.392 e. The number of aryl methyl sites for hydroxylation is 1. The molecule has 2 rings (SSSR count). The van der Waals surface area contributed by atoms with Crippen molar-refractivity contribution in [1.29, 1.82) is 0 Å². The number of hydrogen-bond acceptors (Lipinski definition) is 3. The van der Waals surface area contributed by atoms with Crippen molar-refractivity contribution in [2.75, 3.05) is 13.1 Å². The Hall–Kier alpha value is -0.870. The summed E-state index contributed by atoms with van der Waals surface area (Å²) in [5, 5.41) is 9.57. The molecule has 1 atom stereocenters. The van der Waals surface area contributed by atoms with E-state index in [1.165, 1.54) is 5.69 Å². The van der Waals surface area contributed by atoms with Gasteiger partial charge in [-0.3, -0.25) is 4.90 Å². The molecule has 0 radical (unpaired) electrons. The lowest BCUT2D eigenvalue weighted by Crippen LogP contribution is -2.38. The van der Waals surface area contributed by atoms with Gasteiger partial charge in [-0.2, -0.15) is 0 Å². The highest BCUT2D eigenvalue weighted by Crippen LogP contribution is 2.13. The van der Waals surface area contributed by atoms with Crippen LogP contribution in [0.25, 0.3) is 0 Å². The molecule has 1 aliphatic heterocycles. The Morgan fingerprint density at radius 2 is 2.47 bits per heavy atom. The molecule has 15 heavy (non-hydrogen) atoms. The smallest absolute Gasteiger partial charge is 0.0948 e. The van der Waals surface area contributed by atoms with E-state index in [4.69, 9.17) is 0 Å². The van der Waals surface area contributed by atoms with Crippen molar-refractivity contribution in [2.45, 2.75) is 39.0 Å². The lowest BCUT2D eigenvalue weighted by molar-refractivity contribution is 0.0656. The highest BCUT2D eigenvalue weighted by atomic mass is 16.3. The zero-order valence-corrected chi connectivity index (χ0v) is 9.26. The van der Waals surface area contributed by atoms with Crippen LogP contribution in [0.4, 0.5) is 0 Å². The normalized spacial score (nSPS) is 23.2. The maximum absolute atomic E-state index is 9.57. The van der Waals surface area contributed by atoms with Gasteiger partial charge in [0.1, 0.15) is 0 Å². The number of imidazole rings is 1. The molecule has 1 aromatic heterocycles. The molecule has 0 bridgehead atoms.